The van der Waals surface area contributed by atoms with Gasteiger partial charge in [0.25, 0.3) is 0 Å². The van der Waals surface area contributed by atoms with E-state index >= 15 is 0 Å². The van der Waals surface area contributed by atoms with Gasteiger partial charge in [0, 0.05) is 5.92 Å². The van der Waals surface area contributed by atoms with E-state index in [1.807, 2.05) is 0 Å². The summed E-state index contributed by atoms with van der Waals surface area (Å²) in [5.41, 5.74) is -0.852. The van der Waals surface area contributed by atoms with Crippen molar-refractivity contribution in [1.82, 2.24) is 5.32 Å². The lowest BCUT2D eigenvalue weighted by Gasteiger charge is -2.35. The number of nitrogens with one attached hydrogen (secondary N) is 1. The molecule has 0 bridgehead atoms. The first-order valence-electron chi connectivity index (χ1n) is 6.54. The van der Waals surface area contributed by atoms with Crippen LogP contribution in [0.2, 0.25) is 0 Å². The number of methoxy groups -OCH3 is 1. The van der Waals surface area contributed by atoms with Crippen LogP contribution in [0, 0.1) is 11.3 Å². The molecule has 1 N–H and O–H groups in total. The number of carbonyl (C=O) groups is 2. The standard InChI is InChI=1S/C13H21NO3/c1-17-12(16)13(6-8-14-9-7-13)11(15)10-4-2-3-5-10/h10,14H,2-9H2,1H3. The zero-order valence-electron chi connectivity index (χ0n) is 10.5. The van der Waals surface area contributed by atoms with E-state index in [4.69, 9.17) is 4.74 Å². The van der Waals surface area contributed by atoms with Crippen molar-refractivity contribution in [2.45, 2.75) is 38.5 Å². The van der Waals surface area contributed by atoms with Crippen LogP contribution >= 0.6 is 0 Å². The molecule has 4 nitrogen and oxygen atoms in total. The lowest BCUT2D eigenvalue weighted by molar-refractivity contribution is -0.161. The summed E-state index contributed by atoms with van der Waals surface area (Å²) in [4.78, 5) is 24.6. The van der Waals surface area contributed by atoms with Crippen molar-refractivity contribution in [3.05, 3.63) is 0 Å². The van der Waals surface area contributed by atoms with Gasteiger partial charge in [-0.1, -0.05) is 12.8 Å². The maximum Gasteiger partial charge on any atom is 0.319 e. The topological polar surface area (TPSA) is 55.4 Å². The third-order valence-electron chi connectivity index (χ3n) is 4.23. The number of hydrogen-bond donors (Lipinski definition) is 1. The zero-order valence-corrected chi connectivity index (χ0v) is 10.5. The molecule has 0 spiro atoms. The van der Waals surface area contributed by atoms with Crippen LogP contribution in [-0.2, 0) is 14.3 Å². The van der Waals surface area contributed by atoms with E-state index in [1.54, 1.807) is 0 Å². The molecule has 0 aromatic carbocycles. The fourth-order valence-corrected chi connectivity index (χ4v) is 3.18. The average molecular weight is 239 g/mol. The minimum absolute atomic E-state index is 0.0900. The molecule has 1 saturated carbocycles. The van der Waals surface area contributed by atoms with Gasteiger partial charge in [-0.05, 0) is 38.8 Å². The summed E-state index contributed by atoms with van der Waals surface area (Å²) in [5, 5.41) is 3.20. The highest BCUT2D eigenvalue weighted by Crippen LogP contribution is 2.39. The van der Waals surface area contributed by atoms with Crippen LogP contribution in [0.1, 0.15) is 38.5 Å². The Bertz CT molecular complexity index is 302. The van der Waals surface area contributed by atoms with Gasteiger partial charge in [-0.2, -0.15) is 0 Å². The highest BCUT2D eigenvalue weighted by molar-refractivity contribution is 6.05. The van der Waals surface area contributed by atoms with E-state index in [0.717, 1.165) is 38.8 Å². The number of rotatable bonds is 3. The van der Waals surface area contributed by atoms with Crippen molar-refractivity contribution in [3.63, 3.8) is 0 Å². The van der Waals surface area contributed by atoms with E-state index in [-0.39, 0.29) is 17.7 Å². The molecule has 0 unspecified atom stereocenters. The van der Waals surface area contributed by atoms with E-state index in [9.17, 15) is 9.59 Å². The second kappa shape index (κ2) is 5.17. The molecule has 0 atom stereocenters. The van der Waals surface area contributed by atoms with Crippen LogP contribution in [0.3, 0.4) is 0 Å². The number of ketones is 1. The summed E-state index contributed by atoms with van der Waals surface area (Å²) in [6, 6.07) is 0. The smallest absolute Gasteiger partial charge is 0.319 e. The van der Waals surface area contributed by atoms with Gasteiger partial charge in [0.2, 0.25) is 0 Å². The first-order chi connectivity index (χ1) is 8.20. The van der Waals surface area contributed by atoms with E-state index in [0.29, 0.717) is 12.8 Å². The van der Waals surface area contributed by atoms with Gasteiger partial charge in [-0.15, -0.1) is 0 Å². The first-order valence-corrected chi connectivity index (χ1v) is 6.54. The Morgan fingerprint density at radius 3 is 2.29 bits per heavy atom. The predicted molar refractivity (Wildman–Crippen MR) is 63.5 cm³/mol. The minimum Gasteiger partial charge on any atom is -0.468 e. The Kier molecular flexibility index (Phi) is 3.82. The quantitative estimate of drug-likeness (QED) is 0.595. The molecule has 1 heterocycles. The maximum atomic E-state index is 12.6. The number of carbonyl (C=O) groups excluding carboxylic acids is 2. The molecule has 2 rings (SSSR count). The zero-order chi connectivity index (χ0) is 12.3. The minimum atomic E-state index is -0.852. The third kappa shape index (κ3) is 2.23. The molecule has 0 aromatic rings. The normalized spacial score (nSPS) is 24.5. The summed E-state index contributed by atoms with van der Waals surface area (Å²) in [7, 11) is 1.38. The number of hydrogen-bond acceptors (Lipinski definition) is 4. The molecule has 0 aromatic heterocycles. The summed E-state index contributed by atoms with van der Waals surface area (Å²) < 4.78 is 4.89. The third-order valence-corrected chi connectivity index (χ3v) is 4.23. The van der Waals surface area contributed by atoms with Crippen molar-refractivity contribution in [2.75, 3.05) is 20.2 Å². The van der Waals surface area contributed by atoms with Crippen molar-refractivity contribution < 1.29 is 14.3 Å². The highest BCUT2D eigenvalue weighted by atomic mass is 16.5. The Hall–Kier alpha value is -0.900. The van der Waals surface area contributed by atoms with E-state index in [2.05, 4.69) is 5.32 Å². The summed E-state index contributed by atoms with van der Waals surface area (Å²) in [6.07, 6.45) is 5.32. The van der Waals surface area contributed by atoms with Crippen LogP contribution in [-0.4, -0.2) is 32.0 Å². The van der Waals surface area contributed by atoms with Gasteiger partial charge in [-0.3, -0.25) is 9.59 Å². The molecule has 1 saturated heterocycles. The molecule has 1 aliphatic heterocycles. The molecular formula is C13H21NO3. The molecular weight excluding hydrogens is 218 g/mol. The molecule has 2 fully saturated rings. The maximum absolute atomic E-state index is 12.6. The number of ether oxygens (including phenoxy) is 1. The summed E-state index contributed by atoms with van der Waals surface area (Å²) in [5.74, 6) is -0.0912. The SMILES string of the molecule is COC(=O)C1(C(=O)C2CCCC2)CCNCC1. The summed E-state index contributed by atoms with van der Waals surface area (Å²) in [6.45, 7) is 1.46. The molecule has 2 aliphatic rings. The average Bonchev–Trinajstić information content (AvgIpc) is 2.91. The van der Waals surface area contributed by atoms with E-state index < -0.39 is 5.41 Å². The van der Waals surface area contributed by atoms with Crippen LogP contribution in [0.15, 0.2) is 0 Å². The van der Waals surface area contributed by atoms with Crippen LogP contribution in [0.4, 0.5) is 0 Å². The Labute approximate surface area is 102 Å². The molecule has 0 radical (unpaired) electrons. The Morgan fingerprint density at radius 2 is 1.76 bits per heavy atom. The molecule has 4 heteroatoms. The first kappa shape index (κ1) is 12.6. The van der Waals surface area contributed by atoms with Crippen molar-refractivity contribution in [2.24, 2.45) is 11.3 Å². The van der Waals surface area contributed by atoms with Gasteiger partial charge in [0.05, 0.1) is 7.11 Å². The fourth-order valence-electron chi connectivity index (χ4n) is 3.18. The number of Topliss-reactive ketones (excluding diaryl/α,β-unsaturated/α-hetero) is 1. The predicted octanol–water partition coefficient (Wildman–Crippen LogP) is 1.29. The largest absolute Gasteiger partial charge is 0.468 e. The number of esters is 1. The summed E-state index contributed by atoms with van der Waals surface area (Å²) >= 11 is 0. The van der Waals surface area contributed by atoms with Gasteiger partial charge in [0.15, 0.2) is 5.78 Å². The van der Waals surface area contributed by atoms with Gasteiger partial charge in [-0.25, -0.2) is 0 Å². The fraction of sp³-hybridized carbons (Fsp3) is 0.846. The van der Waals surface area contributed by atoms with Gasteiger partial charge >= 0.3 is 5.97 Å². The highest BCUT2D eigenvalue weighted by Gasteiger charge is 2.49. The Morgan fingerprint density at radius 1 is 1.18 bits per heavy atom. The molecule has 1 aliphatic carbocycles. The second-order valence-electron chi connectivity index (χ2n) is 5.17. The Balaban J connectivity index is 2.19. The van der Waals surface area contributed by atoms with Gasteiger partial charge in [0.1, 0.15) is 5.41 Å². The van der Waals surface area contributed by atoms with Crippen LogP contribution < -0.4 is 5.32 Å². The monoisotopic (exact) mass is 239 g/mol. The molecule has 96 valence electrons. The lowest BCUT2D eigenvalue weighted by Crippen LogP contribution is -2.50. The van der Waals surface area contributed by atoms with Crippen LogP contribution in [0.25, 0.3) is 0 Å². The van der Waals surface area contributed by atoms with Crippen molar-refractivity contribution in [3.8, 4) is 0 Å². The van der Waals surface area contributed by atoms with Crippen molar-refractivity contribution >= 4 is 11.8 Å². The van der Waals surface area contributed by atoms with Crippen LogP contribution in [0.5, 0.6) is 0 Å². The molecule has 0 amide bonds. The molecule has 17 heavy (non-hydrogen) atoms. The van der Waals surface area contributed by atoms with Crippen molar-refractivity contribution in [1.29, 1.82) is 0 Å². The second-order valence-corrected chi connectivity index (χ2v) is 5.17. The van der Waals surface area contributed by atoms with E-state index in [1.165, 1.54) is 7.11 Å². The van der Waals surface area contributed by atoms with Gasteiger partial charge < -0.3 is 10.1 Å². The lowest BCUT2D eigenvalue weighted by atomic mass is 9.71. The number of piperidine rings is 1.